The van der Waals surface area contributed by atoms with Crippen molar-refractivity contribution in [2.24, 2.45) is 5.73 Å². The second-order valence-electron chi connectivity index (χ2n) is 4.69. The Morgan fingerprint density at radius 3 is 2.64 bits per heavy atom. The van der Waals surface area contributed by atoms with Crippen molar-refractivity contribution >= 4 is 11.6 Å². The number of rotatable bonds is 8. The predicted octanol–water partition coefficient (Wildman–Crippen LogP) is 2.06. The summed E-state index contributed by atoms with van der Waals surface area (Å²) in [5.41, 5.74) is 6.12. The van der Waals surface area contributed by atoms with Gasteiger partial charge in [0.05, 0.1) is 13.2 Å². The van der Waals surface area contributed by atoms with Gasteiger partial charge in [0.15, 0.2) is 5.75 Å². The summed E-state index contributed by atoms with van der Waals surface area (Å²) in [6.07, 6.45) is 1.71. The first kappa shape index (κ1) is 16.5. The third-order valence-electron chi connectivity index (χ3n) is 3.03. The van der Waals surface area contributed by atoms with Crippen molar-refractivity contribution in [2.45, 2.75) is 13.2 Å². The molecule has 0 aliphatic heterocycles. The Kier molecular flexibility index (Phi) is 6.45. The molecule has 0 spiro atoms. The fourth-order valence-electron chi connectivity index (χ4n) is 1.89. The van der Waals surface area contributed by atoms with E-state index in [9.17, 15) is 4.79 Å². The van der Waals surface area contributed by atoms with E-state index in [1.807, 2.05) is 12.1 Å². The second-order valence-corrected chi connectivity index (χ2v) is 5.12. The van der Waals surface area contributed by atoms with E-state index >= 15 is 0 Å². The molecule has 1 heterocycles. The van der Waals surface area contributed by atoms with E-state index in [2.05, 4.69) is 0 Å². The van der Waals surface area contributed by atoms with E-state index in [0.717, 1.165) is 5.56 Å². The van der Waals surface area contributed by atoms with E-state index in [1.165, 1.54) is 0 Å². The number of halogens is 1. The molecule has 118 valence electrons. The largest absolute Gasteiger partial charge is 0.483 e. The van der Waals surface area contributed by atoms with Gasteiger partial charge in [0.1, 0.15) is 6.61 Å². The van der Waals surface area contributed by atoms with Crippen molar-refractivity contribution in [3.05, 3.63) is 63.5 Å². The van der Waals surface area contributed by atoms with Gasteiger partial charge in [-0.05, 0) is 29.8 Å². The molecule has 0 bridgehead atoms. The van der Waals surface area contributed by atoms with Crippen LogP contribution in [0.5, 0.6) is 5.75 Å². The molecule has 0 aliphatic rings. The zero-order valence-electron chi connectivity index (χ0n) is 12.2. The summed E-state index contributed by atoms with van der Waals surface area (Å²) in [6.45, 7) is 2.19. The molecule has 2 aromatic rings. The van der Waals surface area contributed by atoms with E-state index < -0.39 is 0 Å². The van der Waals surface area contributed by atoms with Crippen LogP contribution in [0.15, 0.2) is 47.4 Å². The standard InChI is InChI=1S/C16H19ClN2O3/c17-14-5-3-13(4-6-14)12-22-15-2-1-8-19(16(15)20)9-11-21-10-7-18/h1-6,8H,7,9-12,18H2. The number of pyridine rings is 1. The van der Waals surface area contributed by atoms with Gasteiger partial charge < -0.3 is 19.8 Å². The zero-order chi connectivity index (χ0) is 15.8. The normalized spacial score (nSPS) is 10.6. The number of aromatic nitrogens is 1. The van der Waals surface area contributed by atoms with Crippen LogP contribution >= 0.6 is 11.6 Å². The average Bonchev–Trinajstić information content (AvgIpc) is 2.53. The highest BCUT2D eigenvalue weighted by Gasteiger charge is 2.05. The Morgan fingerprint density at radius 2 is 1.91 bits per heavy atom. The number of hydrogen-bond donors (Lipinski definition) is 1. The Labute approximate surface area is 134 Å². The molecule has 0 unspecified atom stereocenters. The molecule has 0 saturated carbocycles. The topological polar surface area (TPSA) is 66.5 Å². The fourth-order valence-corrected chi connectivity index (χ4v) is 2.02. The van der Waals surface area contributed by atoms with Gasteiger partial charge in [-0.2, -0.15) is 0 Å². The quantitative estimate of drug-likeness (QED) is 0.755. The zero-order valence-corrected chi connectivity index (χ0v) is 13.0. The molecule has 1 aromatic heterocycles. The molecular formula is C16H19ClN2O3. The summed E-state index contributed by atoms with van der Waals surface area (Å²) in [5.74, 6) is 0.316. The molecule has 0 fully saturated rings. The van der Waals surface area contributed by atoms with Gasteiger partial charge in [0.2, 0.25) is 0 Å². The summed E-state index contributed by atoms with van der Waals surface area (Å²) in [7, 11) is 0. The Hall–Kier alpha value is -1.82. The van der Waals surface area contributed by atoms with E-state index in [-0.39, 0.29) is 5.56 Å². The molecule has 5 nitrogen and oxygen atoms in total. The van der Waals surface area contributed by atoms with E-state index in [1.54, 1.807) is 35.0 Å². The van der Waals surface area contributed by atoms with E-state index in [4.69, 9.17) is 26.8 Å². The first-order chi connectivity index (χ1) is 10.7. The van der Waals surface area contributed by atoms with Crippen LogP contribution in [0.2, 0.25) is 5.02 Å². The van der Waals surface area contributed by atoms with Crippen LogP contribution in [0.1, 0.15) is 5.56 Å². The van der Waals surface area contributed by atoms with E-state index in [0.29, 0.717) is 43.7 Å². The van der Waals surface area contributed by atoms with Crippen LogP contribution in [-0.2, 0) is 17.9 Å². The second kappa shape index (κ2) is 8.58. The van der Waals surface area contributed by atoms with Crippen molar-refractivity contribution in [1.82, 2.24) is 4.57 Å². The lowest BCUT2D eigenvalue weighted by Crippen LogP contribution is -2.23. The first-order valence-electron chi connectivity index (χ1n) is 7.05. The Balaban J connectivity index is 1.96. The Bertz CT molecular complexity index is 641. The van der Waals surface area contributed by atoms with Gasteiger partial charge in [-0.3, -0.25) is 4.79 Å². The maximum Gasteiger partial charge on any atom is 0.292 e. The lowest BCUT2D eigenvalue weighted by Gasteiger charge is -2.10. The van der Waals surface area contributed by atoms with Crippen LogP contribution in [0.3, 0.4) is 0 Å². The van der Waals surface area contributed by atoms with Crippen LogP contribution in [0.4, 0.5) is 0 Å². The highest BCUT2D eigenvalue weighted by atomic mass is 35.5. The lowest BCUT2D eigenvalue weighted by molar-refractivity contribution is 0.132. The number of hydrogen-bond acceptors (Lipinski definition) is 4. The van der Waals surface area contributed by atoms with Gasteiger partial charge in [-0.1, -0.05) is 23.7 Å². The van der Waals surface area contributed by atoms with Crippen molar-refractivity contribution in [3.63, 3.8) is 0 Å². The van der Waals surface area contributed by atoms with Crippen molar-refractivity contribution < 1.29 is 9.47 Å². The molecule has 0 amide bonds. The van der Waals surface area contributed by atoms with Crippen molar-refractivity contribution in [3.8, 4) is 5.75 Å². The summed E-state index contributed by atoms with van der Waals surface area (Å²) in [5, 5.41) is 0.670. The highest BCUT2D eigenvalue weighted by Crippen LogP contribution is 2.11. The van der Waals surface area contributed by atoms with Gasteiger partial charge in [-0.15, -0.1) is 0 Å². The molecule has 22 heavy (non-hydrogen) atoms. The number of benzene rings is 1. The Morgan fingerprint density at radius 1 is 1.14 bits per heavy atom. The monoisotopic (exact) mass is 322 g/mol. The van der Waals surface area contributed by atoms with Crippen LogP contribution in [-0.4, -0.2) is 24.3 Å². The minimum absolute atomic E-state index is 0.173. The molecule has 6 heteroatoms. The summed E-state index contributed by atoms with van der Waals surface area (Å²) >= 11 is 5.83. The fraction of sp³-hybridized carbons (Fsp3) is 0.312. The first-order valence-corrected chi connectivity index (χ1v) is 7.43. The van der Waals surface area contributed by atoms with Gasteiger partial charge in [0.25, 0.3) is 5.56 Å². The molecule has 0 saturated heterocycles. The molecular weight excluding hydrogens is 304 g/mol. The highest BCUT2D eigenvalue weighted by molar-refractivity contribution is 6.30. The maximum atomic E-state index is 12.2. The lowest BCUT2D eigenvalue weighted by atomic mass is 10.2. The summed E-state index contributed by atoms with van der Waals surface area (Å²) in [4.78, 5) is 12.2. The third-order valence-corrected chi connectivity index (χ3v) is 3.28. The molecule has 0 atom stereocenters. The number of nitrogens with two attached hydrogens (primary N) is 1. The smallest absolute Gasteiger partial charge is 0.292 e. The van der Waals surface area contributed by atoms with Gasteiger partial charge >= 0.3 is 0 Å². The molecule has 2 N–H and O–H groups in total. The van der Waals surface area contributed by atoms with Crippen LogP contribution in [0.25, 0.3) is 0 Å². The number of ether oxygens (including phenoxy) is 2. The predicted molar refractivity (Wildman–Crippen MR) is 86.4 cm³/mol. The third kappa shape index (κ3) is 4.87. The summed E-state index contributed by atoms with van der Waals surface area (Å²) < 4.78 is 12.4. The van der Waals surface area contributed by atoms with Crippen molar-refractivity contribution in [2.75, 3.05) is 19.8 Å². The summed E-state index contributed by atoms with van der Waals surface area (Å²) in [6, 6.07) is 10.8. The maximum absolute atomic E-state index is 12.2. The van der Waals surface area contributed by atoms with Crippen LogP contribution in [0, 0.1) is 0 Å². The van der Waals surface area contributed by atoms with Gasteiger partial charge in [-0.25, -0.2) is 0 Å². The SMILES string of the molecule is NCCOCCn1cccc(OCc2ccc(Cl)cc2)c1=O. The van der Waals surface area contributed by atoms with Crippen LogP contribution < -0.4 is 16.0 Å². The molecule has 2 rings (SSSR count). The number of nitrogens with zero attached hydrogens (tertiary/aromatic N) is 1. The molecule has 0 radical (unpaired) electrons. The molecule has 0 aliphatic carbocycles. The molecule has 1 aromatic carbocycles. The van der Waals surface area contributed by atoms with Crippen molar-refractivity contribution in [1.29, 1.82) is 0 Å². The van der Waals surface area contributed by atoms with Gasteiger partial charge in [0, 0.05) is 24.3 Å². The minimum atomic E-state index is -0.173. The average molecular weight is 323 g/mol. The minimum Gasteiger partial charge on any atom is -0.483 e.